The number of aromatic nitrogens is 2. The number of nitrogens with one attached hydrogen (secondary N) is 1. The average molecular weight is 293 g/mol. The van der Waals surface area contributed by atoms with E-state index in [0.717, 1.165) is 22.6 Å². The predicted molar refractivity (Wildman–Crippen MR) is 86.5 cm³/mol. The molecule has 1 amide bonds. The maximum Gasteiger partial charge on any atom is 0.220 e. The van der Waals surface area contributed by atoms with Crippen molar-refractivity contribution in [2.75, 3.05) is 0 Å². The minimum absolute atomic E-state index is 0.0640. The lowest BCUT2D eigenvalue weighted by atomic mass is 10.2. The number of imidazole rings is 1. The maximum absolute atomic E-state index is 12.0. The minimum Gasteiger partial charge on any atom is -0.352 e. The van der Waals surface area contributed by atoms with Gasteiger partial charge in [0, 0.05) is 24.9 Å². The van der Waals surface area contributed by atoms with Gasteiger partial charge in [-0.2, -0.15) is 0 Å². The molecule has 0 fully saturated rings. The van der Waals surface area contributed by atoms with Gasteiger partial charge < -0.3 is 9.72 Å². The van der Waals surface area contributed by atoms with E-state index in [1.165, 1.54) is 0 Å². The van der Waals surface area contributed by atoms with Crippen molar-refractivity contribution in [2.24, 2.45) is 0 Å². The van der Waals surface area contributed by atoms with Crippen LogP contribution in [0.1, 0.15) is 23.4 Å². The van der Waals surface area contributed by atoms with Crippen LogP contribution in [0.15, 0.2) is 54.7 Å². The Hall–Kier alpha value is -2.62. The van der Waals surface area contributed by atoms with Gasteiger partial charge >= 0.3 is 0 Å². The number of pyridine rings is 1. The van der Waals surface area contributed by atoms with Gasteiger partial charge in [0.15, 0.2) is 0 Å². The molecule has 0 aliphatic carbocycles. The van der Waals surface area contributed by atoms with E-state index in [2.05, 4.69) is 14.7 Å². The first-order valence-corrected chi connectivity index (χ1v) is 7.47. The molecular formula is C18H19N3O. The number of carbonyl (C=O) groups is 1. The highest BCUT2D eigenvalue weighted by molar-refractivity contribution is 5.76. The van der Waals surface area contributed by atoms with Crippen molar-refractivity contribution in [3.8, 4) is 0 Å². The van der Waals surface area contributed by atoms with Crippen molar-refractivity contribution >= 4 is 11.6 Å². The van der Waals surface area contributed by atoms with Crippen LogP contribution in [0.3, 0.4) is 0 Å². The van der Waals surface area contributed by atoms with E-state index in [4.69, 9.17) is 0 Å². The zero-order chi connectivity index (χ0) is 15.4. The van der Waals surface area contributed by atoms with Gasteiger partial charge in [-0.05, 0) is 31.0 Å². The van der Waals surface area contributed by atoms with E-state index in [-0.39, 0.29) is 5.91 Å². The quantitative estimate of drug-likeness (QED) is 0.786. The predicted octanol–water partition coefficient (Wildman–Crippen LogP) is 2.89. The van der Waals surface area contributed by atoms with Crippen molar-refractivity contribution in [1.82, 2.24) is 14.7 Å². The Kier molecular flexibility index (Phi) is 4.19. The summed E-state index contributed by atoms with van der Waals surface area (Å²) in [5.41, 5.74) is 4.13. The van der Waals surface area contributed by atoms with Crippen molar-refractivity contribution < 1.29 is 4.79 Å². The van der Waals surface area contributed by atoms with Crippen LogP contribution in [0, 0.1) is 6.92 Å². The highest BCUT2D eigenvalue weighted by atomic mass is 16.1. The third kappa shape index (κ3) is 3.17. The molecule has 0 aliphatic rings. The molecule has 3 aromatic rings. The molecular weight excluding hydrogens is 274 g/mol. The molecule has 22 heavy (non-hydrogen) atoms. The summed E-state index contributed by atoms with van der Waals surface area (Å²) in [6, 6.07) is 15.9. The van der Waals surface area contributed by atoms with Gasteiger partial charge in [-0.25, -0.2) is 4.98 Å². The van der Waals surface area contributed by atoms with Gasteiger partial charge in [0.05, 0.1) is 5.69 Å². The Balaban J connectivity index is 1.59. The molecule has 0 aliphatic heterocycles. The highest BCUT2D eigenvalue weighted by Gasteiger charge is 2.10. The van der Waals surface area contributed by atoms with Crippen LogP contribution in [-0.2, 0) is 17.8 Å². The summed E-state index contributed by atoms with van der Waals surface area (Å²) < 4.78 is 2.06. The van der Waals surface area contributed by atoms with Crippen LogP contribution in [-0.4, -0.2) is 15.3 Å². The lowest BCUT2D eigenvalue weighted by Gasteiger charge is -2.06. The van der Waals surface area contributed by atoms with Gasteiger partial charge in [0.1, 0.15) is 5.65 Å². The van der Waals surface area contributed by atoms with Gasteiger partial charge in [-0.1, -0.05) is 36.4 Å². The number of rotatable bonds is 5. The van der Waals surface area contributed by atoms with Crippen LogP contribution >= 0.6 is 0 Å². The third-order valence-electron chi connectivity index (χ3n) is 3.75. The molecule has 0 unspecified atom stereocenters. The molecule has 112 valence electrons. The first-order chi connectivity index (χ1) is 10.7. The Morgan fingerprint density at radius 1 is 1.14 bits per heavy atom. The Bertz CT molecular complexity index is 777. The summed E-state index contributed by atoms with van der Waals surface area (Å²) in [7, 11) is 0. The standard InChI is InChI=1S/C18H19N3O/c1-14-16(21-12-6-5-9-17(21)20-14)10-11-18(22)19-13-15-7-3-2-4-8-15/h2-9,12H,10-11,13H2,1H3,(H,19,22). The number of fused-ring (bicyclic) bond motifs is 1. The van der Waals surface area contributed by atoms with E-state index in [1.54, 1.807) is 0 Å². The first kappa shape index (κ1) is 14.3. The number of hydrogen-bond donors (Lipinski definition) is 1. The van der Waals surface area contributed by atoms with E-state index in [1.807, 2.05) is 61.7 Å². The summed E-state index contributed by atoms with van der Waals surface area (Å²) in [5, 5.41) is 2.96. The molecule has 3 rings (SSSR count). The summed E-state index contributed by atoms with van der Waals surface area (Å²) >= 11 is 0. The Morgan fingerprint density at radius 3 is 2.73 bits per heavy atom. The van der Waals surface area contributed by atoms with Crippen LogP contribution in [0.4, 0.5) is 0 Å². The zero-order valence-corrected chi connectivity index (χ0v) is 12.6. The summed E-state index contributed by atoms with van der Waals surface area (Å²) in [6.07, 6.45) is 3.15. The molecule has 1 aromatic carbocycles. The van der Waals surface area contributed by atoms with Crippen LogP contribution in [0.5, 0.6) is 0 Å². The molecule has 4 heteroatoms. The Morgan fingerprint density at radius 2 is 1.91 bits per heavy atom. The molecule has 0 radical (unpaired) electrons. The number of nitrogens with zero attached hydrogens (tertiary/aromatic N) is 2. The van der Waals surface area contributed by atoms with Crippen molar-refractivity contribution in [3.63, 3.8) is 0 Å². The molecule has 0 atom stereocenters. The second-order valence-electron chi connectivity index (χ2n) is 5.34. The SMILES string of the molecule is Cc1nc2ccccn2c1CCC(=O)NCc1ccccc1. The topological polar surface area (TPSA) is 46.4 Å². The summed E-state index contributed by atoms with van der Waals surface area (Å²) in [6.45, 7) is 2.57. The fourth-order valence-corrected chi connectivity index (χ4v) is 2.58. The summed E-state index contributed by atoms with van der Waals surface area (Å²) in [5.74, 6) is 0.0640. The molecule has 0 saturated carbocycles. The lowest BCUT2D eigenvalue weighted by Crippen LogP contribution is -2.23. The smallest absolute Gasteiger partial charge is 0.220 e. The van der Waals surface area contributed by atoms with Gasteiger partial charge in [-0.3, -0.25) is 4.79 Å². The number of carbonyl (C=O) groups excluding carboxylic acids is 1. The first-order valence-electron chi connectivity index (χ1n) is 7.47. The van der Waals surface area contributed by atoms with Crippen molar-refractivity contribution in [1.29, 1.82) is 0 Å². The number of aryl methyl sites for hydroxylation is 2. The fourth-order valence-electron chi connectivity index (χ4n) is 2.58. The molecule has 2 aromatic heterocycles. The normalized spacial score (nSPS) is 10.8. The van der Waals surface area contributed by atoms with E-state index < -0.39 is 0 Å². The van der Waals surface area contributed by atoms with Crippen molar-refractivity contribution in [3.05, 3.63) is 71.7 Å². The molecule has 0 saturated heterocycles. The largest absolute Gasteiger partial charge is 0.352 e. The van der Waals surface area contributed by atoms with E-state index in [0.29, 0.717) is 19.4 Å². The van der Waals surface area contributed by atoms with Gasteiger partial charge in [0.25, 0.3) is 0 Å². The molecule has 1 N–H and O–H groups in total. The summed E-state index contributed by atoms with van der Waals surface area (Å²) in [4.78, 5) is 16.5. The molecule has 2 heterocycles. The lowest BCUT2D eigenvalue weighted by molar-refractivity contribution is -0.121. The van der Waals surface area contributed by atoms with E-state index >= 15 is 0 Å². The van der Waals surface area contributed by atoms with Gasteiger partial charge in [-0.15, -0.1) is 0 Å². The van der Waals surface area contributed by atoms with Crippen LogP contribution < -0.4 is 5.32 Å². The molecule has 0 bridgehead atoms. The van der Waals surface area contributed by atoms with Crippen molar-refractivity contribution in [2.45, 2.75) is 26.3 Å². The third-order valence-corrected chi connectivity index (χ3v) is 3.75. The van der Waals surface area contributed by atoms with Crippen LogP contribution in [0.25, 0.3) is 5.65 Å². The van der Waals surface area contributed by atoms with Gasteiger partial charge in [0.2, 0.25) is 5.91 Å². The van der Waals surface area contributed by atoms with E-state index in [9.17, 15) is 4.79 Å². The van der Waals surface area contributed by atoms with Crippen LogP contribution in [0.2, 0.25) is 0 Å². The second kappa shape index (κ2) is 6.43. The minimum atomic E-state index is 0.0640. The highest BCUT2D eigenvalue weighted by Crippen LogP contribution is 2.13. The average Bonchev–Trinajstić information content (AvgIpc) is 2.87. The number of amides is 1. The molecule has 4 nitrogen and oxygen atoms in total. The maximum atomic E-state index is 12.0. The Labute approximate surface area is 129 Å². The number of hydrogen-bond acceptors (Lipinski definition) is 2. The molecule has 0 spiro atoms. The fraction of sp³-hybridized carbons (Fsp3) is 0.222. The monoisotopic (exact) mass is 293 g/mol. The second-order valence-corrected chi connectivity index (χ2v) is 5.34. The zero-order valence-electron chi connectivity index (χ0n) is 12.6. The number of benzene rings is 1.